The lowest BCUT2D eigenvalue weighted by molar-refractivity contribution is -0.137. The Labute approximate surface area is 160 Å². The summed E-state index contributed by atoms with van der Waals surface area (Å²) in [5.41, 5.74) is -7.11. The van der Waals surface area contributed by atoms with Crippen LogP contribution in [-0.2, 0) is 29.3 Å². The molecule has 5 nitrogen and oxygen atoms in total. The fourth-order valence-corrected chi connectivity index (χ4v) is 3.02. The van der Waals surface area contributed by atoms with Crippen LogP contribution in [0.2, 0.25) is 0 Å². The Bertz CT molecular complexity index is 1010. The molecule has 1 saturated carbocycles. The van der Waals surface area contributed by atoms with Gasteiger partial charge in [0, 0.05) is 19.0 Å². The fraction of sp³-hybridized carbons (Fsp3) is 0.438. The lowest BCUT2D eigenvalue weighted by Crippen LogP contribution is -2.29. The minimum absolute atomic E-state index is 0.0725. The van der Waals surface area contributed by atoms with Gasteiger partial charge in [-0.15, -0.1) is 0 Å². The van der Waals surface area contributed by atoms with Crippen molar-refractivity contribution in [3.63, 3.8) is 0 Å². The molecule has 0 aliphatic heterocycles. The van der Waals surface area contributed by atoms with Crippen LogP contribution < -0.4 is 4.18 Å². The van der Waals surface area contributed by atoms with Gasteiger partial charge < -0.3 is 4.18 Å². The summed E-state index contributed by atoms with van der Waals surface area (Å²) in [4.78, 5) is 0. The quantitative estimate of drug-likeness (QED) is 0.378. The number of alkyl halides is 6. The van der Waals surface area contributed by atoms with Crippen LogP contribution in [0.4, 0.5) is 30.7 Å². The molecular formula is C16H13F7N2O3S. The van der Waals surface area contributed by atoms with Crippen molar-refractivity contribution >= 4 is 10.1 Å². The minimum Gasteiger partial charge on any atom is -0.356 e. The van der Waals surface area contributed by atoms with Crippen molar-refractivity contribution in [1.82, 2.24) is 9.78 Å². The highest BCUT2D eigenvalue weighted by molar-refractivity contribution is 7.87. The summed E-state index contributed by atoms with van der Waals surface area (Å²) < 4.78 is 117. The third-order valence-electron chi connectivity index (χ3n) is 4.07. The first-order valence-corrected chi connectivity index (χ1v) is 9.59. The Morgan fingerprint density at radius 2 is 1.72 bits per heavy atom. The number of aromatic nitrogens is 2. The number of hydrogen-bond acceptors (Lipinski definition) is 4. The average Bonchev–Trinajstić information content (AvgIpc) is 3.27. The van der Waals surface area contributed by atoms with Crippen LogP contribution in [0.15, 0.2) is 24.3 Å². The van der Waals surface area contributed by atoms with E-state index in [0.717, 1.165) is 29.7 Å². The van der Waals surface area contributed by atoms with E-state index < -0.39 is 39.1 Å². The van der Waals surface area contributed by atoms with Gasteiger partial charge in [-0.25, -0.2) is 9.07 Å². The highest BCUT2D eigenvalue weighted by Gasteiger charge is 2.49. The molecule has 160 valence electrons. The van der Waals surface area contributed by atoms with Crippen molar-refractivity contribution in [3.05, 3.63) is 46.9 Å². The Hall–Kier alpha value is -2.31. The molecule has 1 aliphatic rings. The number of rotatable bonds is 6. The van der Waals surface area contributed by atoms with Gasteiger partial charge in [-0.2, -0.15) is 39.9 Å². The Balaban J connectivity index is 1.91. The first-order chi connectivity index (χ1) is 13.2. The van der Waals surface area contributed by atoms with Crippen LogP contribution in [0.3, 0.4) is 0 Å². The van der Waals surface area contributed by atoms with Crippen LogP contribution in [0.1, 0.15) is 29.7 Å². The zero-order valence-corrected chi connectivity index (χ0v) is 15.2. The molecule has 13 heteroatoms. The summed E-state index contributed by atoms with van der Waals surface area (Å²) in [7, 11) is -5.95. The zero-order valence-electron chi connectivity index (χ0n) is 14.4. The number of hydrogen-bond donors (Lipinski definition) is 0. The van der Waals surface area contributed by atoms with Gasteiger partial charge in [-0.1, -0.05) is 0 Å². The second kappa shape index (κ2) is 7.18. The van der Waals surface area contributed by atoms with Gasteiger partial charge in [-0.3, -0.25) is 0 Å². The van der Waals surface area contributed by atoms with Crippen LogP contribution in [0.5, 0.6) is 5.88 Å². The zero-order chi connectivity index (χ0) is 21.6. The van der Waals surface area contributed by atoms with Gasteiger partial charge in [0.15, 0.2) is 0 Å². The monoisotopic (exact) mass is 446 g/mol. The smallest absolute Gasteiger partial charge is 0.356 e. The maximum absolute atomic E-state index is 13.5. The van der Waals surface area contributed by atoms with E-state index >= 15 is 0 Å². The molecule has 1 heterocycles. The second-order valence-corrected chi connectivity index (χ2v) is 8.14. The first-order valence-electron chi connectivity index (χ1n) is 8.19. The van der Waals surface area contributed by atoms with Crippen molar-refractivity contribution in [2.24, 2.45) is 5.92 Å². The highest BCUT2D eigenvalue weighted by Crippen LogP contribution is 2.34. The normalized spacial score (nSPS) is 15.6. The second-order valence-electron chi connectivity index (χ2n) is 6.61. The van der Waals surface area contributed by atoms with Gasteiger partial charge >= 0.3 is 21.8 Å². The van der Waals surface area contributed by atoms with E-state index in [1.807, 2.05) is 0 Å². The van der Waals surface area contributed by atoms with E-state index in [-0.39, 0.29) is 30.1 Å². The lowest BCUT2D eigenvalue weighted by Gasteiger charge is -2.10. The van der Waals surface area contributed by atoms with Crippen molar-refractivity contribution in [2.75, 3.05) is 0 Å². The molecule has 0 saturated heterocycles. The molecule has 1 aromatic carbocycles. The highest BCUT2D eigenvalue weighted by atomic mass is 32.2. The molecule has 1 aromatic heterocycles. The van der Waals surface area contributed by atoms with E-state index in [4.69, 9.17) is 0 Å². The molecule has 0 amide bonds. The summed E-state index contributed by atoms with van der Waals surface area (Å²) in [6, 6.07) is 2.68. The molecule has 1 fully saturated rings. The maximum Gasteiger partial charge on any atom is 0.534 e. The lowest BCUT2D eigenvalue weighted by atomic mass is 10.1. The molecule has 29 heavy (non-hydrogen) atoms. The SMILES string of the molecule is O=S(=O)(Oc1cc(Cc2cc(F)cc(C(F)(F)F)c2)nn1CC1CC1)C(F)(F)F. The van der Waals surface area contributed by atoms with E-state index in [9.17, 15) is 39.2 Å². The first kappa shape index (κ1) is 21.4. The third kappa shape index (κ3) is 5.19. The largest absolute Gasteiger partial charge is 0.534 e. The number of nitrogens with zero attached hydrogens (tertiary/aromatic N) is 2. The standard InChI is InChI=1S/C16H13F7N2O3S/c17-12-4-10(3-11(6-12)15(18,19)20)5-13-7-14(25(24-13)8-9-1-2-9)28-29(26,27)16(21,22)23/h3-4,6-7,9H,1-2,5,8H2. The van der Waals surface area contributed by atoms with Crippen LogP contribution in [-0.4, -0.2) is 23.7 Å². The van der Waals surface area contributed by atoms with Gasteiger partial charge in [-0.05, 0) is 42.5 Å². The molecule has 0 bridgehead atoms. The molecule has 0 atom stereocenters. The van der Waals surface area contributed by atoms with E-state index in [1.165, 1.54) is 0 Å². The molecule has 0 radical (unpaired) electrons. The van der Waals surface area contributed by atoms with Gasteiger partial charge in [0.2, 0.25) is 5.88 Å². The van der Waals surface area contributed by atoms with Crippen LogP contribution in [0.25, 0.3) is 0 Å². The summed E-state index contributed by atoms with van der Waals surface area (Å²) >= 11 is 0. The van der Waals surface area contributed by atoms with E-state index in [2.05, 4.69) is 9.28 Å². The summed E-state index contributed by atoms with van der Waals surface area (Å²) in [5, 5.41) is 3.93. The molecule has 0 spiro atoms. The predicted octanol–water partition coefficient (Wildman–Crippen LogP) is 4.27. The molecule has 3 rings (SSSR count). The summed E-state index contributed by atoms with van der Waals surface area (Å²) in [6.07, 6.45) is -3.64. The predicted molar refractivity (Wildman–Crippen MR) is 84.8 cm³/mol. The minimum atomic E-state index is -5.95. The Kier molecular flexibility index (Phi) is 5.30. The molecule has 2 aromatic rings. The van der Waals surface area contributed by atoms with Crippen molar-refractivity contribution in [1.29, 1.82) is 0 Å². The maximum atomic E-state index is 13.5. The van der Waals surface area contributed by atoms with Crippen LogP contribution >= 0.6 is 0 Å². The number of benzene rings is 1. The number of halogens is 7. The molecule has 1 aliphatic carbocycles. The summed E-state index contributed by atoms with van der Waals surface area (Å²) in [5.74, 6) is -1.79. The molecular weight excluding hydrogens is 433 g/mol. The van der Waals surface area contributed by atoms with Gasteiger partial charge in [0.25, 0.3) is 0 Å². The van der Waals surface area contributed by atoms with Crippen LogP contribution in [0, 0.1) is 11.7 Å². The van der Waals surface area contributed by atoms with E-state index in [0.29, 0.717) is 12.1 Å². The van der Waals surface area contributed by atoms with Crippen molar-refractivity contribution in [3.8, 4) is 5.88 Å². The fourth-order valence-electron chi connectivity index (χ4n) is 2.56. The molecule has 0 N–H and O–H groups in total. The Morgan fingerprint density at radius 1 is 1.07 bits per heavy atom. The van der Waals surface area contributed by atoms with Crippen molar-refractivity contribution < 1.29 is 43.3 Å². The molecule has 0 unspecified atom stereocenters. The average molecular weight is 446 g/mol. The van der Waals surface area contributed by atoms with Crippen molar-refractivity contribution in [2.45, 2.75) is 37.5 Å². The van der Waals surface area contributed by atoms with Gasteiger partial charge in [0.1, 0.15) is 5.82 Å². The third-order valence-corrected chi connectivity index (χ3v) is 5.03. The van der Waals surface area contributed by atoms with E-state index in [1.54, 1.807) is 0 Å². The summed E-state index contributed by atoms with van der Waals surface area (Å²) in [6.45, 7) is 0.0830. The topological polar surface area (TPSA) is 61.2 Å². The van der Waals surface area contributed by atoms with Gasteiger partial charge in [0.05, 0.1) is 11.3 Å². The Morgan fingerprint density at radius 3 is 2.28 bits per heavy atom.